The van der Waals surface area contributed by atoms with Gasteiger partial charge >= 0.3 is 0 Å². The first kappa shape index (κ1) is 19.7. The van der Waals surface area contributed by atoms with Crippen molar-refractivity contribution >= 4 is 5.96 Å². The number of benzene rings is 1. The lowest BCUT2D eigenvalue weighted by atomic mass is 10.0. The van der Waals surface area contributed by atoms with Crippen LogP contribution in [0.25, 0.3) is 0 Å². The molecule has 0 radical (unpaired) electrons. The Morgan fingerprint density at radius 1 is 1.20 bits per heavy atom. The van der Waals surface area contributed by atoms with Crippen LogP contribution in [-0.4, -0.2) is 68.1 Å². The highest BCUT2D eigenvalue weighted by Gasteiger charge is 2.19. The van der Waals surface area contributed by atoms with Gasteiger partial charge in [0.05, 0.1) is 6.54 Å². The third-order valence-corrected chi connectivity index (χ3v) is 4.81. The van der Waals surface area contributed by atoms with E-state index in [0.29, 0.717) is 6.04 Å². The number of nitrogens with zero attached hydrogens (tertiary/aromatic N) is 3. The van der Waals surface area contributed by atoms with Crippen LogP contribution in [0.4, 0.5) is 0 Å². The van der Waals surface area contributed by atoms with Crippen molar-refractivity contribution in [3.8, 4) is 0 Å². The fourth-order valence-corrected chi connectivity index (χ4v) is 3.08. The van der Waals surface area contributed by atoms with E-state index in [1.165, 1.54) is 18.4 Å². The molecule has 2 N–H and O–H groups in total. The lowest BCUT2D eigenvalue weighted by molar-refractivity contribution is 0.198. The van der Waals surface area contributed by atoms with Gasteiger partial charge in [-0.15, -0.1) is 0 Å². The molecule has 0 saturated carbocycles. The maximum Gasteiger partial charge on any atom is 0.191 e. The molecule has 1 fully saturated rings. The first-order chi connectivity index (χ1) is 12.2. The fraction of sp³-hybridized carbons (Fsp3) is 0.650. The molecular formula is C20H35N5. The lowest BCUT2D eigenvalue weighted by Crippen LogP contribution is -2.48. The first-order valence-corrected chi connectivity index (χ1v) is 9.71. The predicted molar refractivity (Wildman–Crippen MR) is 107 cm³/mol. The number of likely N-dealkylation sites (tertiary alicyclic amines) is 1. The Hall–Kier alpha value is -1.59. The largest absolute Gasteiger partial charge is 0.357 e. The van der Waals surface area contributed by atoms with Crippen molar-refractivity contribution in [2.45, 2.75) is 39.3 Å². The van der Waals surface area contributed by atoms with E-state index in [2.05, 4.69) is 71.7 Å². The summed E-state index contributed by atoms with van der Waals surface area (Å²) in [6.45, 7) is 11.5. The number of aliphatic imine (C=N–C) groups is 1. The number of piperidine rings is 1. The standard InChI is InChI=1S/C20H35N5/c1-4-21-20(22-13-16-24(3)5-2)23-19-11-14-25(15-12-19)17-18-9-7-6-8-10-18/h6-10,19H,4-5,11-17H2,1-3H3,(H2,21,22,23). The normalized spacial score (nSPS) is 17.0. The first-order valence-electron chi connectivity index (χ1n) is 9.71. The third kappa shape index (κ3) is 7.45. The second-order valence-electron chi connectivity index (χ2n) is 6.84. The third-order valence-electron chi connectivity index (χ3n) is 4.81. The van der Waals surface area contributed by atoms with Gasteiger partial charge in [0.25, 0.3) is 0 Å². The molecule has 25 heavy (non-hydrogen) atoms. The molecule has 1 saturated heterocycles. The van der Waals surface area contributed by atoms with Gasteiger partial charge < -0.3 is 15.5 Å². The maximum absolute atomic E-state index is 4.72. The van der Waals surface area contributed by atoms with Crippen LogP contribution in [0.2, 0.25) is 0 Å². The van der Waals surface area contributed by atoms with Crippen molar-refractivity contribution in [3.63, 3.8) is 0 Å². The molecule has 0 atom stereocenters. The highest BCUT2D eigenvalue weighted by molar-refractivity contribution is 5.80. The van der Waals surface area contributed by atoms with Crippen molar-refractivity contribution in [2.24, 2.45) is 4.99 Å². The summed E-state index contributed by atoms with van der Waals surface area (Å²) in [5, 5.41) is 7.01. The summed E-state index contributed by atoms with van der Waals surface area (Å²) < 4.78 is 0. The molecule has 1 aromatic carbocycles. The SMILES string of the molecule is CCNC(=NCCN(C)CC)NC1CCN(Cc2ccccc2)CC1. The average Bonchev–Trinajstić information content (AvgIpc) is 2.64. The fourth-order valence-electron chi connectivity index (χ4n) is 3.08. The number of guanidine groups is 1. The minimum atomic E-state index is 0.522. The van der Waals surface area contributed by atoms with Crippen LogP contribution >= 0.6 is 0 Å². The summed E-state index contributed by atoms with van der Waals surface area (Å²) in [6.07, 6.45) is 2.35. The quantitative estimate of drug-likeness (QED) is 0.560. The number of nitrogens with one attached hydrogen (secondary N) is 2. The van der Waals surface area contributed by atoms with Crippen LogP contribution in [0, 0.1) is 0 Å². The van der Waals surface area contributed by atoms with E-state index in [1.54, 1.807) is 0 Å². The molecular weight excluding hydrogens is 310 g/mol. The highest BCUT2D eigenvalue weighted by atomic mass is 15.2. The zero-order valence-electron chi connectivity index (χ0n) is 16.2. The Morgan fingerprint density at radius 3 is 2.56 bits per heavy atom. The van der Waals surface area contributed by atoms with E-state index in [-0.39, 0.29) is 0 Å². The zero-order valence-corrected chi connectivity index (χ0v) is 16.2. The molecule has 1 aliphatic heterocycles. The van der Waals surface area contributed by atoms with Crippen molar-refractivity contribution in [3.05, 3.63) is 35.9 Å². The molecule has 0 aliphatic carbocycles. The van der Waals surface area contributed by atoms with Crippen molar-refractivity contribution in [1.82, 2.24) is 20.4 Å². The number of likely N-dealkylation sites (N-methyl/N-ethyl adjacent to an activating group) is 1. The molecule has 2 rings (SSSR count). The van der Waals surface area contributed by atoms with Crippen molar-refractivity contribution in [1.29, 1.82) is 0 Å². The molecule has 140 valence electrons. The van der Waals surface area contributed by atoms with E-state index in [4.69, 9.17) is 4.99 Å². The highest BCUT2D eigenvalue weighted by Crippen LogP contribution is 2.13. The minimum Gasteiger partial charge on any atom is -0.357 e. The van der Waals surface area contributed by atoms with Crippen molar-refractivity contribution in [2.75, 3.05) is 46.3 Å². The summed E-state index contributed by atoms with van der Waals surface area (Å²) in [5.41, 5.74) is 1.41. The molecule has 0 spiro atoms. The molecule has 1 aromatic rings. The summed E-state index contributed by atoms with van der Waals surface area (Å²) in [7, 11) is 2.14. The molecule has 1 aliphatic rings. The van der Waals surface area contributed by atoms with E-state index >= 15 is 0 Å². The van der Waals surface area contributed by atoms with Crippen LogP contribution in [0.1, 0.15) is 32.3 Å². The van der Waals surface area contributed by atoms with E-state index in [1.807, 2.05) is 0 Å². The topological polar surface area (TPSA) is 42.9 Å². The van der Waals surface area contributed by atoms with Crippen LogP contribution < -0.4 is 10.6 Å². The van der Waals surface area contributed by atoms with Gasteiger partial charge in [-0.25, -0.2) is 0 Å². The smallest absolute Gasteiger partial charge is 0.191 e. The predicted octanol–water partition coefficient (Wildman–Crippen LogP) is 2.16. The number of hydrogen-bond acceptors (Lipinski definition) is 3. The maximum atomic E-state index is 4.72. The van der Waals surface area contributed by atoms with Gasteiger partial charge in [-0.3, -0.25) is 9.89 Å². The average molecular weight is 346 g/mol. The number of hydrogen-bond donors (Lipinski definition) is 2. The second kappa shape index (κ2) is 11.1. The van der Waals surface area contributed by atoms with Gasteiger partial charge in [-0.1, -0.05) is 37.3 Å². The van der Waals surface area contributed by atoms with Gasteiger partial charge in [0.1, 0.15) is 0 Å². The van der Waals surface area contributed by atoms with E-state index in [9.17, 15) is 0 Å². The summed E-state index contributed by atoms with van der Waals surface area (Å²) in [4.78, 5) is 9.56. The van der Waals surface area contributed by atoms with Gasteiger partial charge in [-0.2, -0.15) is 0 Å². The monoisotopic (exact) mass is 345 g/mol. The van der Waals surface area contributed by atoms with Crippen molar-refractivity contribution < 1.29 is 0 Å². The molecule has 0 aromatic heterocycles. The Labute approximate surface area is 153 Å². The molecule has 0 amide bonds. The summed E-state index contributed by atoms with van der Waals surface area (Å²) in [5.74, 6) is 0.966. The van der Waals surface area contributed by atoms with Crippen LogP contribution in [0.5, 0.6) is 0 Å². The van der Waals surface area contributed by atoms with Gasteiger partial charge in [0.2, 0.25) is 0 Å². The van der Waals surface area contributed by atoms with E-state index in [0.717, 1.165) is 51.8 Å². The summed E-state index contributed by atoms with van der Waals surface area (Å²) >= 11 is 0. The Morgan fingerprint density at radius 2 is 1.92 bits per heavy atom. The minimum absolute atomic E-state index is 0.522. The van der Waals surface area contributed by atoms with Crippen LogP contribution in [0.3, 0.4) is 0 Å². The molecule has 1 heterocycles. The summed E-state index contributed by atoms with van der Waals surface area (Å²) in [6, 6.07) is 11.3. The Balaban J connectivity index is 1.75. The van der Waals surface area contributed by atoms with Gasteiger partial charge in [-0.05, 0) is 38.9 Å². The van der Waals surface area contributed by atoms with Gasteiger partial charge in [0, 0.05) is 38.8 Å². The van der Waals surface area contributed by atoms with Crippen LogP contribution in [-0.2, 0) is 6.54 Å². The van der Waals surface area contributed by atoms with E-state index < -0.39 is 0 Å². The lowest BCUT2D eigenvalue weighted by Gasteiger charge is -2.33. The Kier molecular flexibility index (Phi) is 8.77. The molecule has 5 heteroatoms. The molecule has 5 nitrogen and oxygen atoms in total. The zero-order chi connectivity index (χ0) is 17.9. The molecule has 0 bridgehead atoms. The van der Waals surface area contributed by atoms with Crippen LogP contribution in [0.15, 0.2) is 35.3 Å². The molecule has 0 unspecified atom stereocenters. The second-order valence-corrected chi connectivity index (χ2v) is 6.84. The Bertz CT molecular complexity index is 494. The number of rotatable bonds is 8. The van der Waals surface area contributed by atoms with Gasteiger partial charge in [0.15, 0.2) is 5.96 Å².